The molecule has 0 spiro atoms. The van der Waals surface area contributed by atoms with Gasteiger partial charge in [0, 0.05) is 32.0 Å². The van der Waals surface area contributed by atoms with E-state index in [1.807, 2.05) is 0 Å². The van der Waals surface area contributed by atoms with Crippen LogP contribution in [0.25, 0.3) is 0 Å². The third-order valence-electron chi connectivity index (χ3n) is 7.01. The number of amides is 2. The van der Waals surface area contributed by atoms with E-state index >= 15 is 0 Å². The van der Waals surface area contributed by atoms with Gasteiger partial charge in [0.15, 0.2) is 0 Å². The SMILES string of the molecule is Cc1cc(F)ccc1[C@H]1CN(NC(=O)CO)CC[C@@H]1C(=O)N(C)[C@@H](C)c1cc(C(F)(F)F)cc(C(F)(F)F)c1. The van der Waals surface area contributed by atoms with E-state index in [4.69, 9.17) is 5.11 Å². The average molecular weight is 564 g/mol. The van der Waals surface area contributed by atoms with Gasteiger partial charge >= 0.3 is 12.4 Å². The molecule has 1 heterocycles. The minimum Gasteiger partial charge on any atom is -0.386 e. The zero-order chi connectivity index (χ0) is 29.3. The van der Waals surface area contributed by atoms with Gasteiger partial charge in [-0.05, 0) is 67.3 Å². The molecule has 2 aromatic rings. The number of carbonyl (C=O) groups is 2. The molecule has 0 aromatic heterocycles. The van der Waals surface area contributed by atoms with Crippen LogP contribution in [0.4, 0.5) is 30.7 Å². The molecule has 0 unspecified atom stereocenters. The fourth-order valence-electron chi connectivity index (χ4n) is 4.83. The van der Waals surface area contributed by atoms with Crippen LogP contribution in [0.2, 0.25) is 0 Å². The number of aliphatic hydroxyl groups excluding tert-OH is 1. The molecule has 2 aromatic carbocycles. The Labute approximate surface area is 220 Å². The predicted octanol–water partition coefficient (Wildman–Crippen LogP) is 4.82. The largest absolute Gasteiger partial charge is 0.416 e. The molecule has 0 aliphatic carbocycles. The average Bonchev–Trinajstić information content (AvgIpc) is 2.86. The second-order valence-corrected chi connectivity index (χ2v) is 9.61. The minimum absolute atomic E-state index is 0.0295. The number of hydrogen-bond donors (Lipinski definition) is 2. The summed E-state index contributed by atoms with van der Waals surface area (Å²) in [5.74, 6) is -3.10. The Morgan fingerprint density at radius 1 is 1.08 bits per heavy atom. The Morgan fingerprint density at radius 3 is 2.18 bits per heavy atom. The summed E-state index contributed by atoms with van der Waals surface area (Å²) in [4.78, 5) is 26.5. The number of nitrogens with one attached hydrogen (secondary N) is 1. The lowest BCUT2D eigenvalue weighted by Crippen LogP contribution is -2.52. The fraction of sp³-hybridized carbons (Fsp3) is 0.462. The van der Waals surface area contributed by atoms with Crippen LogP contribution < -0.4 is 5.43 Å². The molecule has 214 valence electrons. The molecule has 1 fully saturated rings. The van der Waals surface area contributed by atoms with Gasteiger partial charge < -0.3 is 10.0 Å². The molecule has 0 bridgehead atoms. The standard InChI is InChI=1S/C26H28F7N3O3/c1-14-8-19(27)4-5-20(14)22-12-36(34-23(38)13-37)7-6-21(22)24(39)35(3)15(2)16-9-17(25(28,29)30)11-18(10-16)26(31,32)33/h4-5,8-11,15,21-22,37H,6-7,12-13H2,1-3H3,(H,34,38)/t15-,21-,22+/m0/s1. The van der Waals surface area contributed by atoms with Crippen molar-refractivity contribution >= 4 is 11.8 Å². The Bertz CT molecular complexity index is 1180. The highest BCUT2D eigenvalue weighted by atomic mass is 19.4. The zero-order valence-corrected chi connectivity index (χ0v) is 21.3. The summed E-state index contributed by atoms with van der Waals surface area (Å²) in [6.07, 6.45) is -9.90. The van der Waals surface area contributed by atoms with E-state index in [1.54, 1.807) is 6.92 Å². The monoisotopic (exact) mass is 563 g/mol. The van der Waals surface area contributed by atoms with Crippen LogP contribution in [0.1, 0.15) is 53.1 Å². The van der Waals surface area contributed by atoms with Gasteiger partial charge in [-0.25, -0.2) is 9.40 Å². The van der Waals surface area contributed by atoms with E-state index in [1.165, 1.54) is 37.2 Å². The maximum absolute atomic E-state index is 13.8. The summed E-state index contributed by atoms with van der Waals surface area (Å²) in [5.41, 5.74) is 0.333. The third-order valence-corrected chi connectivity index (χ3v) is 7.01. The van der Waals surface area contributed by atoms with Crippen LogP contribution in [0.15, 0.2) is 36.4 Å². The molecule has 1 aliphatic heterocycles. The van der Waals surface area contributed by atoms with Gasteiger partial charge in [-0.1, -0.05) is 6.07 Å². The Hall–Kier alpha value is -3.19. The van der Waals surface area contributed by atoms with E-state index in [9.17, 15) is 40.3 Å². The molecule has 3 rings (SSSR count). The number of aliphatic hydroxyl groups is 1. The first-order chi connectivity index (χ1) is 18.0. The van der Waals surface area contributed by atoms with E-state index in [0.717, 1.165) is 4.90 Å². The van der Waals surface area contributed by atoms with E-state index in [-0.39, 0.29) is 31.1 Å². The Kier molecular flexibility index (Phi) is 8.95. The quantitative estimate of drug-likeness (QED) is 0.495. The fourth-order valence-corrected chi connectivity index (χ4v) is 4.83. The number of benzene rings is 2. The van der Waals surface area contributed by atoms with Crippen molar-refractivity contribution in [1.82, 2.24) is 15.3 Å². The Balaban J connectivity index is 1.96. The van der Waals surface area contributed by atoms with Crippen LogP contribution in [-0.4, -0.2) is 53.6 Å². The lowest BCUT2D eigenvalue weighted by Gasteiger charge is -2.41. The first-order valence-corrected chi connectivity index (χ1v) is 12.0. The number of rotatable bonds is 6. The highest BCUT2D eigenvalue weighted by Gasteiger charge is 2.40. The van der Waals surface area contributed by atoms with Crippen LogP contribution in [0.3, 0.4) is 0 Å². The molecule has 6 nitrogen and oxygen atoms in total. The molecular weight excluding hydrogens is 535 g/mol. The minimum atomic E-state index is -5.03. The van der Waals surface area contributed by atoms with Gasteiger partial charge in [-0.2, -0.15) is 26.3 Å². The van der Waals surface area contributed by atoms with Crippen molar-refractivity contribution in [2.75, 3.05) is 26.7 Å². The molecule has 2 N–H and O–H groups in total. The van der Waals surface area contributed by atoms with Crippen LogP contribution in [0.5, 0.6) is 0 Å². The molecule has 13 heteroatoms. The lowest BCUT2D eigenvalue weighted by molar-refractivity contribution is -0.143. The van der Waals surface area contributed by atoms with Crippen molar-refractivity contribution < 1.29 is 45.4 Å². The summed E-state index contributed by atoms with van der Waals surface area (Å²) in [7, 11) is 1.30. The summed E-state index contributed by atoms with van der Waals surface area (Å²) in [5, 5.41) is 10.6. The van der Waals surface area contributed by atoms with Crippen LogP contribution in [-0.2, 0) is 21.9 Å². The predicted molar refractivity (Wildman–Crippen MR) is 126 cm³/mol. The highest BCUT2D eigenvalue weighted by Crippen LogP contribution is 2.40. The first kappa shape index (κ1) is 30.4. The van der Waals surface area contributed by atoms with Crippen LogP contribution in [0, 0.1) is 18.7 Å². The Morgan fingerprint density at radius 2 is 1.67 bits per heavy atom. The topological polar surface area (TPSA) is 72.9 Å². The maximum Gasteiger partial charge on any atom is 0.416 e. The van der Waals surface area contributed by atoms with Gasteiger partial charge in [-0.3, -0.25) is 15.0 Å². The van der Waals surface area contributed by atoms with E-state index in [2.05, 4.69) is 5.43 Å². The second kappa shape index (κ2) is 11.5. The van der Waals surface area contributed by atoms with E-state index < -0.39 is 65.6 Å². The number of hydrogen-bond acceptors (Lipinski definition) is 4. The number of hydrazine groups is 1. The van der Waals surface area contributed by atoms with E-state index in [0.29, 0.717) is 23.3 Å². The molecule has 3 atom stereocenters. The molecule has 1 saturated heterocycles. The van der Waals surface area contributed by atoms with Crippen molar-refractivity contribution in [2.24, 2.45) is 5.92 Å². The summed E-state index contributed by atoms with van der Waals surface area (Å²) < 4.78 is 94.1. The van der Waals surface area contributed by atoms with Crippen molar-refractivity contribution in [2.45, 2.75) is 44.6 Å². The van der Waals surface area contributed by atoms with Gasteiger partial charge in [0.25, 0.3) is 5.91 Å². The summed E-state index contributed by atoms with van der Waals surface area (Å²) >= 11 is 0. The normalized spacial score (nSPS) is 19.5. The molecule has 1 aliphatic rings. The smallest absolute Gasteiger partial charge is 0.386 e. The second-order valence-electron chi connectivity index (χ2n) is 9.61. The third kappa shape index (κ3) is 7.07. The van der Waals surface area contributed by atoms with Gasteiger partial charge in [0.05, 0.1) is 17.2 Å². The van der Waals surface area contributed by atoms with Crippen molar-refractivity contribution in [1.29, 1.82) is 0 Å². The number of alkyl halides is 6. The number of carbonyl (C=O) groups excluding carboxylic acids is 2. The molecule has 39 heavy (non-hydrogen) atoms. The maximum atomic E-state index is 13.8. The number of nitrogens with zero attached hydrogens (tertiary/aromatic N) is 2. The molecule has 0 radical (unpaired) electrons. The molecular formula is C26H28F7N3O3. The van der Waals surface area contributed by atoms with Gasteiger partial charge in [0.2, 0.25) is 5.91 Å². The molecule has 2 amide bonds. The number of aryl methyl sites for hydroxylation is 1. The highest BCUT2D eigenvalue weighted by molar-refractivity contribution is 5.80. The van der Waals surface area contributed by atoms with Crippen molar-refractivity contribution in [3.05, 3.63) is 70.0 Å². The molecule has 0 saturated carbocycles. The summed E-state index contributed by atoms with van der Waals surface area (Å²) in [6, 6.07) is 4.05. The van der Waals surface area contributed by atoms with Crippen LogP contribution >= 0.6 is 0 Å². The lowest BCUT2D eigenvalue weighted by atomic mass is 9.78. The van der Waals surface area contributed by atoms with Crippen molar-refractivity contribution in [3.8, 4) is 0 Å². The van der Waals surface area contributed by atoms with Gasteiger partial charge in [-0.15, -0.1) is 0 Å². The first-order valence-electron chi connectivity index (χ1n) is 12.0. The van der Waals surface area contributed by atoms with Crippen molar-refractivity contribution in [3.63, 3.8) is 0 Å². The zero-order valence-electron chi connectivity index (χ0n) is 21.3. The van der Waals surface area contributed by atoms with Gasteiger partial charge in [0.1, 0.15) is 12.4 Å². The number of halogens is 7. The summed E-state index contributed by atoms with van der Waals surface area (Å²) in [6.45, 7) is 2.49. The number of piperidine rings is 1.